The predicted molar refractivity (Wildman–Crippen MR) is 107 cm³/mol. The molecule has 0 aliphatic rings. The van der Waals surface area contributed by atoms with Crippen LogP contribution < -0.4 is 21.1 Å². The van der Waals surface area contributed by atoms with E-state index in [0.29, 0.717) is 11.3 Å². The number of nitrogens with one attached hydrogen (secondary N) is 2. The van der Waals surface area contributed by atoms with Crippen molar-refractivity contribution in [3.63, 3.8) is 0 Å². The quantitative estimate of drug-likeness (QED) is 0.338. The van der Waals surface area contributed by atoms with E-state index in [1.54, 1.807) is 31.3 Å². The molecule has 0 saturated carbocycles. The number of carbonyl (C=O) groups excluding carboxylic acids is 1. The molecule has 0 radical (unpaired) electrons. The van der Waals surface area contributed by atoms with Gasteiger partial charge in [-0.25, -0.2) is 4.99 Å². The number of carbonyl (C=O) groups is 1. The van der Waals surface area contributed by atoms with E-state index in [9.17, 15) is 18.0 Å². The maximum Gasteiger partial charge on any atom is 0.573 e. The number of guanidine groups is 1. The van der Waals surface area contributed by atoms with E-state index in [1.807, 2.05) is 0 Å². The third-order valence-electron chi connectivity index (χ3n) is 3.21. The molecule has 0 aliphatic heterocycles. The Bertz CT molecular complexity index is 796. The summed E-state index contributed by atoms with van der Waals surface area (Å²) in [6, 6.07) is 12.0. The molecule has 0 spiro atoms. The first-order chi connectivity index (χ1) is 12.3. The fourth-order valence-electron chi connectivity index (χ4n) is 2.06. The largest absolute Gasteiger partial charge is 0.573 e. The van der Waals surface area contributed by atoms with Gasteiger partial charge in [-0.3, -0.25) is 4.79 Å². The Morgan fingerprint density at radius 3 is 2.44 bits per heavy atom. The molecule has 1 amide bonds. The number of aliphatic imine (C=N–C) groups is 1. The fourth-order valence-corrected chi connectivity index (χ4v) is 2.06. The average molecular weight is 494 g/mol. The topological polar surface area (TPSA) is 88.7 Å². The normalized spacial score (nSPS) is 11.3. The Kier molecular flexibility index (Phi) is 8.34. The number of nitrogens with zero attached hydrogens (tertiary/aromatic N) is 1. The lowest BCUT2D eigenvalue weighted by Gasteiger charge is -2.10. The fraction of sp³-hybridized carbons (Fsp3) is 0.176. The number of hydrogen-bond donors (Lipinski definition) is 3. The summed E-state index contributed by atoms with van der Waals surface area (Å²) in [5, 5.41) is 5.29. The van der Waals surface area contributed by atoms with Crippen LogP contribution in [-0.2, 0) is 6.54 Å². The molecule has 4 N–H and O–H groups in total. The predicted octanol–water partition coefficient (Wildman–Crippen LogP) is 3.49. The molecule has 0 aliphatic carbocycles. The minimum Gasteiger partial charge on any atom is -0.406 e. The summed E-state index contributed by atoms with van der Waals surface area (Å²) in [5.41, 5.74) is 7.51. The maximum atomic E-state index is 12.1. The summed E-state index contributed by atoms with van der Waals surface area (Å²) in [5.74, 6) is -0.451. The zero-order valence-electron chi connectivity index (χ0n) is 14.2. The Balaban J connectivity index is 0.00000364. The van der Waals surface area contributed by atoms with Gasteiger partial charge >= 0.3 is 6.36 Å². The van der Waals surface area contributed by atoms with E-state index in [2.05, 4.69) is 20.4 Å². The van der Waals surface area contributed by atoms with Gasteiger partial charge in [0.25, 0.3) is 5.91 Å². The molecule has 146 valence electrons. The summed E-state index contributed by atoms with van der Waals surface area (Å²) in [7, 11) is 1.54. The van der Waals surface area contributed by atoms with Gasteiger partial charge in [-0.15, -0.1) is 37.1 Å². The highest BCUT2D eigenvalue weighted by atomic mass is 127. The summed E-state index contributed by atoms with van der Waals surface area (Å²) in [4.78, 5) is 15.7. The van der Waals surface area contributed by atoms with Crippen LogP contribution in [0.15, 0.2) is 53.5 Å². The second kappa shape index (κ2) is 10.00. The molecule has 6 nitrogen and oxygen atoms in total. The van der Waals surface area contributed by atoms with Crippen molar-refractivity contribution < 1.29 is 22.7 Å². The molecule has 0 heterocycles. The van der Waals surface area contributed by atoms with Gasteiger partial charge in [-0.1, -0.05) is 12.1 Å². The Hall–Kier alpha value is -2.50. The van der Waals surface area contributed by atoms with Gasteiger partial charge in [0, 0.05) is 18.3 Å². The number of alkyl halides is 3. The van der Waals surface area contributed by atoms with E-state index >= 15 is 0 Å². The lowest BCUT2D eigenvalue weighted by molar-refractivity contribution is -0.274. The molecule has 27 heavy (non-hydrogen) atoms. The van der Waals surface area contributed by atoms with E-state index in [0.717, 1.165) is 17.7 Å². The third kappa shape index (κ3) is 7.72. The summed E-state index contributed by atoms with van der Waals surface area (Å²) in [6.45, 7) is 0.235. The molecule has 0 saturated heterocycles. The number of nitrogens with two attached hydrogens (primary N) is 1. The van der Waals surface area contributed by atoms with Gasteiger partial charge in [0.15, 0.2) is 5.96 Å². The minimum atomic E-state index is -4.74. The summed E-state index contributed by atoms with van der Waals surface area (Å²) in [6.07, 6.45) is -4.74. The standard InChI is InChI=1S/C17H17F3N4O2.HI/c1-22-15(25)12-4-2-3-11(9-12)10-23-16(21)24-13-5-7-14(8-6-13)26-17(18,19)20;/h2-9H,10H2,1H3,(H,22,25)(H3,21,23,24);1H. The smallest absolute Gasteiger partial charge is 0.406 e. The first-order valence-electron chi connectivity index (χ1n) is 7.50. The minimum absolute atomic E-state index is 0. The van der Waals surface area contributed by atoms with Gasteiger partial charge in [-0.2, -0.15) is 0 Å². The van der Waals surface area contributed by atoms with Crippen LogP contribution in [-0.4, -0.2) is 25.3 Å². The van der Waals surface area contributed by atoms with Crippen molar-refractivity contribution >= 4 is 41.5 Å². The van der Waals surface area contributed by atoms with Crippen molar-refractivity contribution in [2.24, 2.45) is 10.7 Å². The van der Waals surface area contributed by atoms with Crippen LogP contribution >= 0.6 is 24.0 Å². The second-order valence-electron chi connectivity index (χ2n) is 5.18. The van der Waals surface area contributed by atoms with Gasteiger partial charge < -0.3 is 21.1 Å². The van der Waals surface area contributed by atoms with Crippen LogP contribution in [0.1, 0.15) is 15.9 Å². The molecule has 0 atom stereocenters. The molecular weight excluding hydrogens is 476 g/mol. The Labute approximate surface area is 171 Å². The van der Waals surface area contributed by atoms with Crippen molar-refractivity contribution in [2.45, 2.75) is 12.9 Å². The third-order valence-corrected chi connectivity index (χ3v) is 3.21. The first-order valence-corrected chi connectivity index (χ1v) is 7.50. The second-order valence-corrected chi connectivity index (χ2v) is 5.18. The highest BCUT2D eigenvalue weighted by Gasteiger charge is 2.30. The molecule has 0 bridgehead atoms. The molecule has 10 heteroatoms. The number of amides is 1. The van der Waals surface area contributed by atoms with Crippen LogP contribution in [0, 0.1) is 0 Å². The molecule has 0 aromatic heterocycles. The van der Waals surface area contributed by atoms with Crippen molar-refractivity contribution in [2.75, 3.05) is 12.4 Å². The van der Waals surface area contributed by atoms with Gasteiger partial charge in [0.05, 0.1) is 6.54 Å². The maximum absolute atomic E-state index is 12.1. The Morgan fingerprint density at radius 2 is 1.85 bits per heavy atom. The number of ether oxygens (including phenoxy) is 1. The average Bonchev–Trinajstić information content (AvgIpc) is 2.60. The molecule has 2 aromatic carbocycles. The number of anilines is 1. The van der Waals surface area contributed by atoms with Gasteiger partial charge in [0.1, 0.15) is 5.75 Å². The monoisotopic (exact) mass is 494 g/mol. The summed E-state index contributed by atoms with van der Waals surface area (Å²) >= 11 is 0. The van der Waals surface area contributed by atoms with E-state index in [4.69, 9.17) is 5.73 Å². The lowest BCUT2D eigenvalue weighted by atomic mass is 10.1. The highest BCUT2D eigenvalue weighted by molar-refractivity contribution is 14.0. The van der Waals surface area contributed by atoms with Crippen molar-refractivity contribution in [3.05, 3.63) is 59.7 Å². The number of halogens is 4. The van der Waals surface area contributed by atoms with E-state index < -0.39 is 6.36 Å². The zero-order valence-corrected chi connectivity index (χ0v) is 16.5. The first kappa shape index (κ1) is 22.5. The van der Waals surface area contributed by atoms with Crippen LogP contribution in [0.5, 0.6) is 5.75 Å². The zero-order chi connectivity index (χ0) is 19.2. The number of rotatable bonds is 5. The van der Waals surface area contributed by atoms with E-state index in [1.165, 1.54) is 12.1 Å². The molecule has 2 aromatic rings. The number of hydrogen-bond acceptors (Lipinski definition) is 3. The summed E-state index contributed by atoms with van der Waals surface area (Å²) < 4.78 is 40.1. The molecule has 2 rings (SSSR count). The molecule has 0 fully saturated rings. The van der Waals surface area contributed by atoms with Crippen LogP contribution in [0.2, 0.25) is 0 Å². The SMILES string of the molecule is CNC(=O)c1cccc(CN=C(N)Nc2ccc(OC(F)(F)F)cc2)c1.I. The van der Waals surface area contributed by atoms with Gasteiger partial charge in [0.2, 0.25) is 0 Å². The van der Waals surface area contributed by atoms with Crippen LogP contribution in [0.25, 0.3) is 0 Å². The lowest BCUT2D eigenvalue weighted by Crippen LogP contribution is -2.22. The van der Waals surface area contributed by atoms with Crippen molar-refractivity contribution in [1.82, 2.24) is 5.32 Å². The number of benzene rings is 2. The Morgan fingerprint density at radius 1 is 1.19 bits per heavy atom. The molecule has 0 unspecified atom stereocenters. The highest BCUT2D eigenvalue weighted by Crippen LogP contribution is 2.23. The van der Waals surface area contributed by atoms with Crippen LogP contribution in [0.3, 0.4) is 0 Å². The van der Waals surface area contributed by atoms with Crippen LogP contribution in [0.4, 0.5) is 18.9 Å². The van der Waals surface area contributed by atoms with Crippen molar-refractivity contribution in [1.29, 1.82) is 0 Å². The molecular formula is C17H18F3IN4O2. The van der Waals surface area contributed by atoms with E-state index in [-0.39, 0.29) is 48.1 Å². The van der Waals surface area contributed by atoms with Gasteiger partial charge in [-0.05, 0) is 42.0 Å². The van der Waals surface area contributed by atoms with Crippen molar-refractivity contribution in [3.8, 4) is 5.75 Å².